The summed E-state index contributed by atoms with van der Waals surface area (Å²) in [6.07, 6.45) is 0.598. The van der Waals surface area contributed by atoms with Crippen LogP contribution in [0.15, 0.2) is 48.5 Å². The van der Waals surface area contributed by atoms with Gasteiger partial charge >= 0.3 is 7.60 Å². The van der Waals surface area contributed by atoms with E-state index in [0.717, 1.165) is 23.2 Å². The predicted molar refractivity (Wildman–Crippen MR) is 94.4 cm³/mol. The molecule has 3 rings (SSSR count). The standard InChI is InChI=1S/C18H22NO4P/c1-13-3-7-16(8-4-13)19-18(15-5-9-17(20)10-6-15)24(21)22-12-11-14(2)23-24/h3-10,14,18-20H,11-12H2,1-2H3/t14-,18+,24+/m0/s1. The molecule has 6 heteroatoms. The molecular weight excluding hydrogens is 325 g/mol. The van der Waals surface area contributed by atoms with Crippen LogP contribution in [0.1, 0.15) is 30.3 Å². The predicted octanol–water partition coefficient (Wildman–Crippen LogP) is 4.83. The van der Waals surface area contributed by atoms with Crippen molar-refractivity contribution in [3.8, 4) is 5.75 Å². The van der Waals surface area contributed by atoms with Gasteiger partial charge in [-0.3, -0.25) is 4.57 Å². The Morgan fingerprint density at radius 1 is 1.17 bits per heavy atom. The van der Waals surface area contributed by atoms with E-state index in [1.807, 2.05) is 38.1 Å². The number of phenols is 1. The topological polar surface area (TPSA) is 67.8 Å². The van der Waals surface area contributed by atoms with Gasteiger partial charge in [0, 0.05) is 5.69 Å². The first kappa shape index (κ1) is 17.0. The van der Waals surface area contributed by atoms with Crippen LogP contribution in [0.2, 0.25) is 0 Å². The van der Waals surface area contributed by atoms with Gasteiger partial charge in [0.1, 0.15) is 5.75 Å². The minimum atomic E-state index is -3.39. The van der Waals surface area contributed by atoms with E-state index in [1.54, 1.807) is 24.3 Å². The molecule has 128 valence electrons. The molecule has 0 unspecified atom stereocenters. The van der Waals surface area contributed by atoms with Gasteiger partial charge in [-0.25, -0.2) is 0 Å². The average molecular weight is 347 g/mol. The Morgan fingerprint density at radius 3 is 2.46 bits per heavy atom. The number of hydrogen-bond acceptors (Lipinski definition) is 5. The number of anilines is 1. The highest BCUT2D eigenvalue weighted by Gasteiger charge is 2.41. The van der Waals surface area contributed by atoms with Crippen molar-refractivity contribution in [3.05, 3.63) is 59.7 Å². The second kappa shape index (κ2) is 6.98. The van der Waals surface area contributed by atoms with Crippen LogP contribution in [-0.2, 0) is 13.6 Å². The van der Waals surface area contributed by atoms with Crippen LogP contribution < -0.4 is 5.32 Å². The Kier molecular flexibility index (Phi) is 4.95. The summed E-state index contributed by atoms with van der Waals surface area (Å²) in [4.78, 5) is 0. The maximum absolute atomic E-state index is 13.3. The highest BCUT2D eigenvalue weighted by atomic mass is 31.2. The molecule has 0 amide bonds. The van der Waals surface area contributed by atoms with Gasteiger partial charge in [-0.15, -0.1) is 0 Å². The van der Waals surface area contributed by atoms with Gasteiger partial charge in [-0.1, -0.05) is 29.8 Å². The van der Waals surface area contributed by atoms with Crippen LogP contribution >= 0.6 is 7.60 Å². The second-order valence-electron chi connectivity index (χ2n) is 6.08. The van der Waals surface area contributed by atoms with Crippen LogP contribution in [-0.4, -0.2) is 17.8 Å². The molecular formula is C18H22NO4P. The van der Waals surface area contributed by atoms with E-state index in [0.29, 0.717) is 6.61 Å². The highest BCUT2D eigenvalue weighted by Crippen LogP contribution is 2.63. The molecule has 0 saturated carbocycles. The maximum Gasteiger partial charge on any atom is 0.357 e. The van der Waals surface area contributed by atoms with Crippen molar-refractivity contribution in [1.29, 1.82) is 0 Å². The normalized spacial score (nSPS) is 25.2. The number of rotatable bonds is 4. The van der Waals surface area contributed by atoms with Gasteiger partial charge in [-0.05, 0) is 50.1 Å². The monoisotopic (exact) mass is 347 g/mol. The third-order valence-electron chi connectivity index (χ3n) is 4.00. The van der Waals surface area contributed by atoms with E-state index < -0.39 is 13.4 Å². The fraction of sp³-hybridized carbons (Fsp3) is 0.333. The summed E-state index contributed by atoms with van der Waals surface area (Å²) in [5.41, 5.74) is 2.72. The molecule has 2 aromatic carbocycles. The minimum absolute atomic E-state index is 0.121. The molecule has 1 aliphatic heterocycles. The van der Waals surface area contributed by atoms with Crippen molar-refractivity contribution in [1.82, 2.24) is 0 Å². The Labute approximate surface area is 142 Å². The van der Waals surface area contributed by atoms with Crippen LogP contribution in [0.25, 0.3) is 0 Å². The average Bonchev–Trinajstić information content (AvgIpc) is 2.55. The molecule has 2 N–H and O–H groups in total. The van der Waals surface area contributed by atoms with Gasteiger partial charge in [0.2, 0.25) is 0 Å². The minimum Gasteiger partial charge on any atom is -0.508 e. The van der Waals surface area contributed by atoms with Gasteiger partial charge in [0.25, 0.3) is 0 Å². The molecule has 1 aliphatic rings. The largest absolute Gasteiger partial charge is 0.508 e. The number of hydrogen-bond donors (Lipinski definition) is 2. The fourth-order valence-corrected chi connectivity index (χ4v) is 4.77. The molecule has 2 aromatic rings. The van der Waals surface area contributed by atoms with Gasteiger partial charge in [0.15, 0.2) is 5.78 Å². The summed E-state index contributed by atoms with van der Waals surface area (Å²) in [7, 11) is -3.39. The van der Waals surface area contributed by atoms with Crippen molar-refractivity contribution in [2.75, 3.05) is 11.9 Å². The lowest BCUT2D eigenvalue weighted by atomic mass is 10.2. The molecule has 0 radical (unpaired) electrons. The van der Waals surface area contributed by atoms with Crippen LogP contribution in [0.3, 0.4) is 0 Å². The molecule has 0 bridgehead atoms. The quantitative estimate of drug-likeness (QED) is 0.776. The van der Waals surface area contributed by atoms with E-state index in [4.69, 9.17) is 9.05 Å². The Morgan fingerprint density at radius 2 is 1.83 bits per heavy atom. The second-order valence-corrected chi connectivity index (χ2v) is 8.15. The van der Waals surface area contributed by atoms with Crippen LogP contribution in [0.5, 0.6) is 5.75 Å². The summed E-state index contributed by atoms with van der Waals surface area (Å²) < 4.78 is 24.6. The summed E-state index contributed by atoms with van der Waals surface area (Å²) in [5, 5.41) is 12.8. The third-order valence-corrected chi connectivity index (χ3v) is 6.26. The highest BCUT2D eigenvalue weighted by molar-refractivity contribution is 7.54. The molecule has 1 fully saturated rings. The molecule has 1 heterocycles. The fourth-order valence-electron chi connectivity index (χ4n) is 2.62. The molecule has 24 heavy (non-hydrogen) atoms. The van der Waals surface area contributed by atoms with E-state index >= 15 is 0 Å². The van der Waals surface area contributed by atoms with Crippen molar-refractivity contribution >= 4 is 13.3 Å². The van der Waals surface area contributed by atoms with Crippen molar-refractivity contribution in [2.45, 2.75) is 32.2 Å². The summed E-state index contributed by atoms with van der Waals surface area (Å²) >= 11 is 0. The summed E-state index contributed by atoms with van der Waals surface area (Å²) in [6.45, 7) is 4.32. The van der Waals surface area contributed by atoms with E-state index in [9.17, 15) is 9.67 Å². The molecule has 0 spiro atoms. The molecule has 5 nitrogen and oxygen atoms in total. The van der Waals surface area contributed by atoms with Crippen molar-refractivity contribution in [3.63, 3.8) is 0 Å². The third kappa shape index (κ3) is 3.81. The van der Waals surface area contributed by atoms with E-state index in [1.165, 1.54) is 0 Å². The number of nitrogens with one attached hydrogen (secondary N) is 1. The maximum atomic E-state index is 13.3. The number of phenolic OH excluding ortho intramolecular Hbond substituents is 1. The van der Waals surface area contributed by atoms with E-state index in [2.05, 4.69) is 5.32 Å². The Bertz CT molecular complexity index is 730. The zero-order valence-electron chi connectivity index (χ0n) is 13.8. The molecule has 3 atom stereocenters. The number of aromatic hydroxyl groups is 1. The van der Waals surface area contributed by atoms with Crippen molar-refractivity contribution in [2.24, 2.45) is 0 Å². The molecule has 0 aromatic heterocycles. The van der Waals surface area contributed by atoms with Gasteiger partial charge in [0.05, 0.1) is 12.7 Å². The van der Waals surface area contributed by atoms with E-state index in [-0.39, 0.29) is 11.9 Å². The Balaban J connectivity index is 1.95. The van der Waals surface area contributed by atoms with Crippen molar-refractivity contribution < 1.29 is 18.7 Å². The molecule has 1 saturated heterocycles. The lowest BCUT2D eigenvalue weighted by Gasteiger charge is -2.34. The van der Waals surface area contributed by atoms with Crippen LogP contribution in [0, 0.1) is 6.92 Å². The lowest BCUT2D eigenvalue weighted by molar-refractivity contribution is 0.0887. The lowest BCUT2D eigenvalue weighted by Crippen LogP contribution is -2.23. The zero-order chi connectivity index (χ0) is 17.2. The van der Waals surface area contributed by atoms with Gasteiger partial charge in [-0.2, -0.15) is 0 Å². The first-order valence-corrected chi connectivity index (χ1v) is 9.62. The first-order valence-electron chi connectivity index (χ1n) is 8.01. The number of benzene rings is 2. The SMILES string of the molecule is Cc1ccc(N[C@@H](c2ccc(O)cc2)[P@@]2(=O)OCC[C@H](C)O2)cc1. The number of aryl methyl sites for hydroxylation is 1. The first-order chi connectivity index (χ1) is 11.5. The summed E-state index contributed by atoms with van der Waals surface area (Å²) in [6, 6.07) is 14.4. The Hall–Kier alpha value is -1.81. The zero-order valence-corrected chi connectivity index (χ0v) is 14.7. The summed E-state index contributed by atoms with van der Waals surface area (Å²) in [5.74, 6) is -0.478. The molecule has 0 aliphatic carbocycles. The van der Waals surface area contributed by atoms with Crippen LogP contribution in [0.4, 0.5) is 5.69 Å². The van der Waals surface area contributed by atoms with Gasteiger partial charge < -0.3 is 19.5 Å². The smallest absolute Gasteiger partial charge is 0.357 e.